The Hall–Kier alpha value is -0.170. The van der Waals surface area contributed by atoms with Crippen molar-refractivity contribution in [1.82, 2.24) is 13.9 Å². The van der Waals surface area contributed by atoms with E-state index in [1.165, 1.54) is 0 Å². The molecule has 0 radical (unpaired) electrons. The number of hydrogen-bond acceptors (Lipinski definition) is 3. The van der Waals surface area contributed by atoms with Crippen LogP contribution >= 0.6 is 0 Å². The highest BCUT2D eigenvalue weighted by Gasteiger charge is 2.35. The minimum absolute atomic E-state index is 0.468. The molecule has 2 saturated heterocycles. The van der Waals surface area contributed by atoms with Gasteiger partial charge >= 0.3 is 0 Å². The fourth-order valence-electron chi connectivity index (χ4n) is 3.22. The Balaban J connectivity index is 1.92. The number of piperidine rings is 2. The standard InChI is InChI=1S/C14H29N3O2S/c1-12-4-8-16(9-5-12)20(18,19)17-10-6-14(7-11-17)13(2)15-3/h12-15H,4-11H2,1-3H3. The molecule has 2 rings (SSSR count). The normalized spacial score (nSPS) is 26.8. The fourth-order valence-corrected chi connectivity index (χ4v) is 4.89. The predicted octanol–water partition coefficient (Wildman–Crippen LogP) is 1.28. The van der Waals surface area contributed by atoms with Gasteiger partial charge in [-0.1, -0.05) is 6.92 Å². The SMILES string of the molecule is CNC(C)C1CCN(S(=O)(=O)N2CCC(C)CC2)CC1. The maximum atomic E-state index is 12.6. The van der Waals surface area contributed by atoms with Crippen LogP contribution in [0.3, 0.4) is 0 Å². The average molecular weight is 303 g/mol. The molecular weight excluding hydrogens is 274 g/mol. The maximum absolute atomic E-state index is 12.6. The van der Waals surface area contributed by atoms with Gasteiger partial charge in [-0.05, 0) is 51.5 Å². The first-order valence-corrected chi connectivity index (χ1v) is 9.27. The van der Waals surface area contributed by atoms with Gasteiger partial charge in [-0.25, -0.2) is 0 Å². The lowest BCUT2D eigenvalue weighted by atomic mass is 9.91. The van der Waals surface area contributed by atoms with Crippen molar-refractivity contribution in [2.45, 2.75) is 45.6 Å². The summed E-state index contributed by atoms with van der Waals surface area (Å²) in [6, 6.07) is 0.468. The second-order valence-electron chi connectivity index (χ2n) is 6.40. The lowest BCUT2D eigenvalue weighted by Gasteiger charge is -2.38. The van der Waals surface area contributed by atoms with E-state index in [2.05, 4.69) is 19.2 Å². The van der Waals surface area contributed by atoms with Crippen LogP contribution in [-0.4, -0.2) is 56.3 Å². The van der Waals surface area contributed by atoms with Gasteiger partial charge in [0.25, 0.3) is 10.2 Å². The van der Waals surface area contributed by atoms with E-state index in [0.29, 0.717) is 44.1 Å². The lowest BCUT2D eigenvalue weighted by Crippen LogP contribution is -2.50. The van der Waals surface area contributed by atoms with Gasteiger partial charge in [0.1, 0.15) is 0 Å². The summed E-state index contributed by atoms with van der Waals surface area (Å²) in [6.07, 6.45) is 3.91. The van der Waals surface area contributed by atoms with Crippen molar-refractivity contribution in [1.29, 1.82) is 0 Å². The van der Waals surface area contributed by atoms with Gasteiger partial charge in [0.2, 0.25) is 0 Å². The van der Waals surface area contributed by atoms with Crippen molar-refractivity contribution in [3.63, 3.8) is 0 Å². The Morgan fingerprint density at radius 1 is 1.00 bits per heavy atom. The smallest absolute Gasteiger partial charge is 0.281 e. The quantitative estimate of drug-likeness (QED) is 0.851. The summed E-state index contributed by atoms with van der Waals surface area (Å²) in [7, 11) is -1.24. The van der Waals surface area contributed by atoms with Gasteiger partial charge in [-0.15, -0.1) is 0 Å². The number of rotatable bonds is 4. The van der Waals surface area contributed by atoms with Gasteiger partial charge in [0.05, 0.1) is 0 Å². The second kappa shape index (κ2) is 6.73. The Morgan fingerprint density at radius 2 is 1.45 bits per heavy atom. The third-order valence-electron chi connectivity index (χ3n) is 5.06. The van der Waals surface area contributed by atoms with E-state index in [1.54, 1.807) is 8.61 Å². The summed E-state index contributed by atoms with van der Waals surface area (Å²) in [5.74, 6) is 1.25. The highest BCUT2D eigenvalue weighted by atomic mass is 32.2. The molecule has 0 saturated carbocycles. The summed E-state index contributed by atoms with van der Waals surface area (Å²) < 4.78 is 28.6. The minimum Gasteiger partial charge on any atom is -0.317 e. The molecular formula is C14H29N3O2S. The number of hydrogen-bond donors (Lipinski definition) is 1. The van der Waals surface area contributed by atoms with E-state index < -0.39 is 10.2 Å². The van der Waals surface area contributed by atoms with Crippen LogP contribution in [0.2, 0.25) is 0 Å². The van der Waals surface area contributed by atoms with E-state index in [9.17, 15) is 8.42 Å². The van der Waals surface area contributed by atoms with Crippen LogP contribution in [0, 0.1) is 11.8 Å². The highest BCUT2D eigenvalue weighted by Crippen LogP contribution is 2.26. The first-order chi connectivity index (χ1) is 9.45. The molecule has 0 amide bonds. The summed E-state index contributed by atoms with van der Waals surface area (Å²) in [4.78, 5) is 0. The van der Waals surface area contributed by atoms with Crippen molar-refractivity contribution in [2.24, 2.45) is 11.8 Å². The lowest BCUT2D eigenvalue weighted by molar-refractivity contribution is 0.212. The van der Waals surface area contributed by atoms with Crippen LogP contribution in [0.1, 0.15) is 39.5 Å². The third-order valence-corrected chi connectivity index (χ3v) is 7.09. The molecule has 0 bridgehead atoms. The fraction of sp³-hybridized carbons (Fsp3) is 1.00. The van der Waals surface area contributed by atoms with E-state index >= 15 is 0 Å². The van der Waals surface area contributed by atoms with Gasteiger partial charge in [0.15, 0.2) is 0 Å². The zero-order chi connectivity index (χ0) is 14.8. The highest BCUT2D eigenvalue weighted by molar-refractivity contribution is 7.86. The molecule has 2 aliphatic heterocycles. The molecule has 0 aromatic rings. The molecule has 20 heavy (non-hydrogen) atoms. The summed E-state index contributed by atoms with van der Waals surface area (Å²) >= 11 is 0. The number of nitrogens with zero attached hydrogens (tertiary/aromatic N) is 2. The molecule has 0 aliphatic carbocycles. The summed E-state index contributed by atoms with van der Waals surface area (Å²) in [6.45, 7) is 7.11. The van der Waals surface area contributed by atoms with Gasteiger partial charge in [0, 0.05) is 32.2 Å². The predicted molar refractivity (Wildman–Crippen MR) is 81.7 cm³/mol. The number of nitrogens with one attached hydrogen (secondary N) is 1. The second-order valence-corrected chi connectivity index (χ2v) is 8.33. The topological polar surface area (TPSA) is 52.7 Å². The van der Waals surface area contributed by atoms with Crippen LogP contribution in [0.25, 0.3) is 0 Å². The van der Waals surface area contributed by atoms with Crippen molar-refractivity contribution in [3.05, 3.63) is 0 Å². The van der Waals surface area contributed by atoms with Crippen LogP contribution in [0.4, 0.5) is 0 Å². The minimum atomic E-state index is -3.22. The zero-order valence-corrected chi connectivity index (χ0v) is 13.8. The Morgan fingerprint density at radius 3 is 1.90 bits per heavy atom. The van der Waals surface area contributed by atoms with E-state index in [-0.39, 0.29) is 0 Å². The van der Waals surface area contributed by atoms with E-state index in [1.807, 2.05) is 7.05 Å². The zero-order valence-electron chi connectivity index (χ0n) is 13.0. The molecule has 1 atom stereocenters. The Labute approximate surface area is 123 Å². The van der Waals surface area contributed by atoms with Crippen molar-refractivity contribution < 1.29 is 8.42 Å². The van der Waals surface area contributed by atoms with Crippen LogP contribution < -0.4 is 5.32 Å². The van der Waals surface area contributed by atoms with Gasteiger partial charge in [-0.3, -0.25) is 0 Å². The first-order valence-electron chi connectivity index (χ1n) is 7.87. The summed E-state index contributed by atoms with van der Waals surface area (Å²) in [5, 5.41) is 3.28. The van der Waals surface area contributed by atoms with Crippen molar-refractivity contribution >= 4 is 10.2 Å². The van der Waals surface area contributed by atoms with Crippen molar-refractivity contribution in [2.75, 3.05) is 33.2 Å². The first kappa shape index (κ1) is 16.2. The van der Waals surface area contributed by atoms with Gasteiger partial charge < -0.3 is 5.32 Å². The van der Waals surface area contributed by atoms with Crippen LogP contribution in [0.15, 0.2) is 0 Å². The molecule has 1 N–H and O–H groups in total. The van der Waals surface area contributed by atoms with Crippen molar-refractivity contribution in [3.8, 4) is 0 Å². The summed E-state index contributed by atoms with van der Waals surface area (Å²) in [5.41, 5.74) is 0. The molecule has 2 fully saturated rings. The molecule has 0 aromatic heterocycles. The maximum Gasteiger partial charge on any atom is 0.281 e. The molecule has 5 nitrogen and oxygen atoms in total. The van der Waals surface area contributed by atoms with E-state index in [4.69, 9.17) is 0 Å². The Bertz CT molecular complexity index is 397. The molecule has 6 heteroatoms. The Kier molecular flexibility index (Phi) is 5.45. The molecule has 2 aliphatic rings. The molecule has 0 spiro atoms. The monoisotopic (exact) mass is 303 g/mol. The molecule has 118 valence electrons. The van der Waals surface area contributed by atoms with E-state index in [0.717, 1.165) is 25.7 Å². The van der Waals surface area contributed by atoms with Crippen LogP contribution in [-0.2, 0) is 10.2 Å². The molecule has 2 heterocycles. The third kappa shape index (κ3) is 3.53. The molecule has 0 aromatic carbocycles. The average Bonchev–Trinajstić information content (AvgIpc) is 2.47. The van der Waals surface area contributed by atoms with Gasteiger partial charge in [-0.2, -0.15) is 17.0 Å². The largest absolute Gasteiger partial charge is 0.317 e. The van der Waals surface area contributed by atoms with Crippen LogP contribution in [0.5, 0.6) is 0 Å². The molecule has 1 unspecified atom stereocenters.